The molecule has 0 amide bonds. The van der Waals surface area contributed by atoms with Crippen molar-refractivity contribution in [3.05, 3.63) is 12.0 Å². The number of aromatic amines is 1. The summed E-state index contributed by atoms with van der Waals surface area (Å²) in [5.41, 5.74) is 1.84. The second-order valence-electron chi connectivity index (χ2n) is 3.02. The Labute approximate surface area is 77.8 Å². The van der Waals surface area contributed by atoms with Gasteiger partial charge in [0.1, 0.15) is 5.69 Å². The summed E-state index contributed by atoms with van der Waals surface area (Å²) in [6, 6.07) is 0. The predicted molar refractivity (Wildman–Crippen MR) is 55.1 cm³/mol. The molecule has 13 heavy (non-hydrogen) atoms. The molecule has 0 unspecified atom stereocenters. The topological polar surface area (TPSA) is 53.4 Å². The zero-order chi connectivity index (χ0) is 9.84. The lowest BCUT2D eigenvalue weighted by Crippen LogP contribution is -2.09. The first kappa shape index (κ1) is 9.64. The van der Waals surface area contributed by atoms with E-state index in [1.165, 1.54) is 0 Å². The molecule has 1 aromatic rings. The van der Waals surface area contributed by atoms with Crippen LogP contribution >= 0.6 is 0 Å². The molecule has 4 heteroatoms. The normalized spacial score (nSPS) is 12.2. The maximum absolute atomic E-state index is 4.20. The molecule has 1 aromatic heterocycles. The molecule has 1 rings (SSSR count). The molecule has 1 heterocycles. The highest BCUT2D eigenvalue weighted by molar-refractivity contribution is 6.03. The third-order valence-electron chi connectivity index (χ3n) is 1.81. The molecule has 0 aliphatic carbocycles. The van der Waals surface area contributed by atoms with Gasteiger partial charge in [-0.1, -0.05) is 13.8 Å². The third kappa shape index (κ3) is 1.83. The summed E-state index contributed by atoms with van der Waals surface area (Å²) in [4.78, 5) is 15.0. The Morgan fingerprint density at radius 2 is 2.31 bits per heavy atom. The molecule has 0 bridgehead atoms. The summed E-state index contributed by atoms with van der Waals surface area (Å²) >= 11 is 0. The smallest absolute Gasteiger partial charge is 0.178 e. The molecule has 0 radical (unpaired) electrons. The van der Waals surface area contributed by atoms with Crippen molar-refractivity contribution in [3.8, 4) is 0 Å². The molecule has 0 fully saturated rings. The number of hydrogen-bond donors (Lipinski definition) is 1. The highest BCUT2D eigenvalue weighted by atomic mass is 15.0. The number of nitrogens with one attached hydrogen (secondary N) is 1. The molecule has 70 valence electrons. The predicted octanol–water partition coefficient (Wildman–Crippen LogP) is 1.82. The average Bonchev–Trinajstić information content (AvgIpc) is 2.53. The van der Waals surface area contributed by atoms with E-state index in [2.05, 4.69) is 40.5 Å². The van der Waals surface area contributed by atoms with Crippen LogP contribution in [0.5, 0.6) is 0 Å². The van der Waals surface area contributed by atoms with Gasteiger partial charge in [-0.25, -0.2) is 9.98 Å². The Hall–Kier alpha value is -1.45. The van der Waals surface area contributed by atoms with E-state index in [4.69, 9.17) is 0 Å². The third-order valence-corrected chi connectivity index (χ3v) is 1.81. The van der Waals surface area contributed by atoms with Crippen LogP contribution in [0.1, 0.15) is 19.5 Å². The summed E-state index contributed by atoms with van der Waals surface area (Å²) in [5.74, 6) is 0.972. The SMILES string of the molecule is C=Nc1nc[nH]c1C(=NC)C(C)C. The van der Waals surface area contributed by atoms with Crippen LogP contribution in [0.2, 0.25) is 0 Å². The van der Waals surface area contributed by atoms with E-state index in [0.717, 1.165) is 11.4 Å². The molecule has 0 aliphatic heterocycles. The Kier molecular flexibility index (Phi) is 2.95. The average molecular weight is 178 g/mol. The number of aromatic nitrogens is 2. The zero-order valence-corrected chi connectivity index (χ0v) is 8.20. The molecule has 0 aromatic carbocycles. The lowest BCUT2D eigenvalue weighted by Gasteiger charge is -2.07. The van der Waals surface area contributed by atoms with Crippen LogP contribution in [0.3, 0.4) is 0 Å². The molecule has 0 saturated carbocycles. The van der Waals surface area contributed by atoms with Crippen LogP contribution in [0.4, 0.5) is 5.82 Å². The van der Waals surface area contributed by atoms with Gasteiger partial charge in [-0.15, -0.1) is 0 Å². The Balaban J connectivity index is 3.12. The quantitative estimate of drug-likeness (QED) is 0.705. The first-order valence-corrected chi connectivity index (χ1v) is 4.17. The molecule has 4 nitrogen and oxygen atoms in total. The van der Waals surface area contributed by atoms with Gasteiger partial charge in [0, 0.05) is 7.05 Å². The number of H-pyrrole nitrogens is 1. The monoisotopic (exact) mass is 178 g/mol. The number of aliphatic imine (C=N–C) groups is 2. The van der Waals surface area contributed by atoms with Gasteiger partial charge in [0.15, 0.2) is 5.82 Å². The maximum Gasteiger partial charge on any atom is 0.178 e. The number of imidazole rings is 1. The Bertz CT molecular complexity index is 322. The van der Waals surface area contributed by atoms with E-state index in [-0.39, 0.29) is 0 Å². The van der Waals surface area contributed by atoms with Crippen LogP contribution < -0.4 is 0 Å². The van der Waals surface area contributed by atoms with Crippen molar-refractivity contribution in [1.29, 1.82) is 0 Å². The van der Waals surface area contributed by atoms with Crippen LogP contribution in [0.25, 0.3) is 0 Å². The molecule has 0 saturated heterocycles. The van der Waals surface area contributed by atoms with Crippen molar-refractivity contribution in [2.75, 3.05) is 7.05 Å². The summed E-state index contributed by atoms with van der Waals surface area (Å²) < 4.78 is 0. The minimum atomic E-state index is 0.353. The minimum Gasteiger partial charge on any atom is -0.342 e. The van der Waals surface area contributed by atoms with E-state index in [9.17, 15) is 0 Å². The van der Waals surface area contributed by atoms with Gasteiger partial charge in [-0.2, -0.15) is 0 Å². The van der Waals surface area contributed by atoms with Crippen molar-refractivity contribution in [2.24, 2.45) is 15.9 Å². The molecular formula is C9H14N4. The van der Waals surface area contributed by atoms with Gasteiger partial charge < -0.3 is 4.98 Å². The van der Waals surface area contributed by atoms with E-state index in [0.29, 0.717) is 11.7 Å². The first-order chi connectivity index (χ1) is 6.20. The van der Waals surface area contributed by atoms with Crippen molar-refractivity contribution in [3.63, 3.8) is 0 Å². The van der Waals surface area contributed by atoms with Gasteiger partial charge in [-0.05, 0) is 12.6 Å². The number of nitrogens with zero attached hydrogens (tertiary/aromatic N) is 3. The molecule has 0 aliphatic rings. The lowest BCUT2D eigenvalue weighted by atomic mass is 10.1. The summed E-state index contributed by atoms with van der Waals surface area (Å²) in [6.07, 6.45) is 1.60. The summed E-state index contributed by atoms with van der Waals surface area (Å²) in [7, 11) is 1.77. The van der Waals surface area contributed by atoms with Gasteiger partial charge >= 0.3 is 0 Å². The van der Waals surface area contributed by atoms with E-state index < -0.39 is 0 Å². The second-order valence-corrected chi connectivity index (χ2v) is 3.02. The van der Waals surface area contributed by atoms with Crippen LogP contribution in [-0.2, 0) is 0 Å². The standard InChI is InChI=1S/C9H14N4/c1-6(2)7(10-3)8-9(11-4)13-5-12-8/h5-6H,4H2,1-3H3,(H,12,13). The summed E-state index contributed by atoms with van der Waals surface area (Å²) in [5, 5.41) is 0. The highest BCUT2D eigenvalue weighted by Crippen LogP contribution is 2.17. The van der Waals surface area contributed by atoms with Crippen LogP contribution in [-0.4, -0.2) is 29.4 Å². The Morgan fingerprint density at radius 3 is 2.77 bits per heavy atom. The van der Waals surface area contributed by atoms with Crippen LogP contribution in [0, 0.1) is 5.92 Å². The fraction of sp³-hybridized carbons (Fsp3) is 0.444. The van der Waals surface area contributed by atoms with Crippen molar-refractivity contribution in [2.45, 2.75) is 13.8 Å². The van der Waals surface area contributed by atoms with Gasteiger partial charge in [0.05, 0.1) is 12.0 Å². The Morgan fingerprint density at radius 1 is 1.62 bits per heavy atom. The second kappa shape index (κ2) is 3.98. The highest BCUT2D eigenvalue weighted by Gasteiger charge is 2.13. The van der Waals surface area contributed by atoms with Gasteiger partial charge in [-0.3, -0.25) is 4.99 Å². The minimum absolute atomic E-state index is 0.353. The van der Waals surface area contributed by atoms with Gasteiger partial charge in [0.2, 0.25) is 0 Å². The number of rotatable bonds is 3. The zero-order valence-electron chi connectivity index (χ0n) is 8.20. The van der Waals surface area contributed by atoms with E-state index >= 15 is 0 Å². The van der Waals surface area contributed by atoms with Crippen molar-refractivity contribution < 1.29 is 0 Å². The fourth-order valence-electron chi connectivity index (χ4n) is 1.25. The van der Waals surface area contributed by atoms with E-state index in [1.807, 2.05) is 0 Å². The largest absolute Gasteiger partial charge is 0.342 e. The molecular weight excluding hydrogens is 164 g/mol. The first-order valence-electron chi connectivity index (χ1n) is 4.17. The molecule has 1 N–H and O–H groups in total. The number of hydrogen-bond acceptors (Lipinski definition) is 3. The van der Waals surface area contributed by atoms with Crippen molar-refractivity contribution in [1.82, 2.24) is 9.97 Å². The molecule has 0 spiro atoms. The van der Waals surface area contributed by atoms with Crippen molar-refractivity contribution >= 4 is 18.2 Å². The maximum atomic E-state index is 4.20. The fourth-order valence-corrected chi connectivity index (χ4v) is 1.25. The van der Waals surface area contributed by atoms with Gasteiger partial charge in [0.25, 0.3) is 0 Å². The lowest BCUT2D eigenvalue weighted by molar-refractivity contribution is 0.877. The van der Waals surface area contributed by atoms with E-state index in [1.54, 1.807) is 13.4 Å². The van der Waals surface area contributed by atoms with Crippen LogP contribution in [0.15, 0.2) is 16.3 Å². The summed E-state index contributed by atoms with van der Waals surface area (Å²) in [6.45, 7) is 7.61. The molecule has 0 atom stereocenters.